The Hall–Kier alpha value is -2.82. The number of carbonyl (C=O) groups is 2. The number of amides is 1. The van der Waals surface area contributed by atoms with Crippen molar-refractivity contribution >= 4 is 23.3 Å². The maximum absolute atomic E-state index is 11.8. The number of aryl methyl sites for hydroxylation is 1. The summed E-state index contributed by atoms with van der Waals surface area (Å²) >= 11 is 0. The monoisotopic (exact) mass is 298 g/mol. The van der Waals surface area contributed by atoms with Crippen LogP contribution < -0.4 is 10.6 Å². The normalized spacial score (nSPS) is 9.91. The summed E-state index contributed by atoms with van der Waals surface area (Å²) in [5.74, 6) is -0.524. The molecule has 5 nitrogen and oxygen atoms in total. The smallest absolute Gasteiger partial charge is 0.337 e. The molecule has 0 aliphatic rings. The Morgan fingerprint density at radius 1 is 0.955 bits per heavy atom. The van der Waals surface area contributed by atoms with E-state index < -0.39 is 0 Å². The molecule has 22 heavy (non-hydrogen) atoms. The van der Waals surface area contributed by atoms with E-state index in [0.717, 1.165) is 16.9 Å². The van der Waals surface area contributed by atoms with Crippen LogP contribution in [-0.2, 0) is 9.53 Å². The van der Waals surface area contributed by atoms with Crippen molar-refractivity contribution in [2.45, 2.75) is 6.92 Å². The van der Waals surface area contributed by atoms with Gasteiger partial charge in [-0.25, -0.2) is 4.79 Å². The molecule has 0 bridgehead atoms. The summed E-state index contributed by atoms with van der Waals surface area (Å²) in [6.45, 7) is 2.14. The van der Waals surface area contributed by atoms with Crippen LogP contribution in [0.2, 0.25) is 0 Å². The number of benzene rings is 2. The van der Waals surface area contributed by atoms with E-state index in [2.05, 4.69) is 15.4 Å². The SMILES string of the molecule is COC(=O)c1ccc(NCC(=O)Nc2ccc(C)cc2)cc1. The maximum Gasteiger partial charge on any atom is 0.337 e. The van der Waals surface area contributed by atoms with Crippen LogP contribution in [0.3, 0.4) is 0 Å². The van der Waals surface area contributed by atoms with E-state index in [1.54, 1.807) is 24.3 Å². The maximum atomic E-state index is 11.8. The molecule has 2 N–H and O–H groups in total. The largest absolute Gasteiger partial charge is 0.465 e. The van der Waals surface area contributed by atoms with E-state index in [9.17, 15) is 9.59 Å². The molecule has 0 spiro atoms. The summed E-state index contributed by atoms with van der Waals surface area (Å²) in [6.07, 6.45) is 0. The molecule has 1 amide bonds. The van der Waals surface area contributed by atoms with E-state index in [0.29, 0.717) is 5.56 Å². The Balaban J connectivity index is 1.85. The zero-order chi connectivity index (χ0) is 15.9. The predicted octanol–water partition coefficient (Wildman–Crippen LogP) is 2.83. The first kappa shape index (κ1) is 15.6. The number of rotatable bonds is 5. The Morgan fingerprint density at radius 3 is 2.14 bits per heavy atom. The Labute approximate surface area is 129 Å². The van der Waals surface area contributed by atoms with Crippen LogP contribution in [-0.4, -0.2) is 25.5 Å². The highest BCUT2D eigenvalue weighted by atomic mass is 16.5. The molecule has 2 aromatic carbocycles. The van der Waals surface area contributed by atoms with Crippen molar-refractivity contribution in [3.05, 3.63) is 59.7 Å². The third-order valence-electron chi connectivity index (χ3n) is 3.09. The summed E-state index contributed by atoms with van der Waals surface area (Å²) in [5.41, 5.74) is 3.13. The van der Waals surface area contributed by atoms with Crippen molar-refractivity contribution in [3.63, 3.8) is 0 Å². The molecule has 0 saturated carbocycles. The van der Waals surface area contributed by atoms with Crippen LogP contribution >= 0.6 is 0 Å². The van der Waals surface area contributed by atoms with Gasteiger partial charge in [0.05, 0.1) is 19.2 Å². The molecule has 114 valence electrons. The Kier molecular flexibility index (Phi) is 5.14. The third-order valence-corrected chi connectivity index (χ3v) is 3.09. The summed E-state index contributed by atoms with van der Waals surface area (Å²) in [4.78, 5) is 23.2. The van der Waals surface area contributed by atoms with Crippen LogP contribution in [0.15, 0.2) is 48.5 Å². The molecule has 0 aliphatic carbocycles. The van der Waals surface area contributed by atoms with Crippen molar-refractivity contribution in [2.75, 3.05) is 24.3 Å². The van der Waals surface area contributed by atoms with Crippen LogP contribution in [0.4, 0.5) is 11.4 Å². The second-order valence-corrected chi connectivity index (χ2v) is 4.84. The molecule has 0 unspecified atom stereocenters. The van der Waals surface area contributed by atoms with E-state index in [4.69, 9.17) is 0 Å². The minimum atomic E-state index is -0.385. The zero-order valence-electron chi connectivity index (χ0n) is 12.6. The van der Waals surface area contributed by atoms with E-state index >= 15 is 0 Å². The topological polar surface area (TPSA) is 67.4 Å². The molecule has 2 aromatic rings. The highest BCUT2D eigenvalue weighted by Crippen LogP contribution is 2.11. The van der Waals surface area contributed by atoms with Gasteiger partial charge in [-0.3, -0.25) is 4.79 Å². The van der Waals surface area contributed by atoms with Gasteiger partial charge in [0.2, 0.25) is 5.91 Å². The molecule has 0 saturated heterocycles. The van der Waals surface area contributed by atoms with Crippen molar-refractivity contribution in [1.82, 2.24) is 0 Å². The van der Waals surface area contributed by atoms with Gasteiger partial charge in [0.1, 0.15) is 0 Å². The van der Waals surface area contributed by atoms with Crippen LogP contribution in [0, 0.1) is 6.92 Å². The number of anilines is 2. The fourth-order valence-electron chi connectivity index (χ4n) is 1.87. The van der Waals surface area contributed by atoms with E-state index in [1.165, 1.54) is 7.11 Å². The molecule has 0 fully saturated rings. The van der Waals surface area contributed by atoms with Gasteiger partial charge in [0, 0.05) is 11.4 Å². The number of hydrogen-bond acceptors (Lipinski definition) is 4. The van der Waals surface area contributed by atoms with Crippen LogP contribution in [0.1, 0.15) is 15.9 Å². The van der Waals surface area contributed by atoms with Crippen molar-refractivity contribution in [2.24, 2.45) is 0 Å². The molecular weight excluding hydrogens is 280 g/mol. The first-order valence-corrected chi connectivity index (χ1v) is 6.87. The first-order valence-electron chi connectivity index (χ1n) is 6.87. The van der Waals surface area contributed by atoms with Crippen molar-refractivity contribution in [3.8, 4) is 0 Å². The standard InChI is InChI=1S/C17H18N2O3/c1-12-3-7-15(8-4-12)19-16(20)11-18-14-9-5-13(6-10-14)17(21)22-2/h3-10,18H,11H2,1-2H3,(H,19,20). The highest BCUT2D eigenvalue weighted by Gasteiger charge is 2.05. The molecule has 0 heterocycles. The Bertz CT molecular complexity index is 649. The van der Waals surface area contributed by atoms with Gasteiger partial charge in [-0.1, -0.05) is 17.7 Å². The molecule has 0 atom stereocenters. The van der Waals surface area contributed by atoms with Crippen molar-refractivity contribution in [1.29, 1.82) is 0 Å². The molecule has 0 radical (unpaired) electrons. The van der Waals surface area contributed by atoms with Gasteiger partial charge in [-0.2, -0.15) is 0 Å². The average Bonchev–Trinajstić information content (AvgIpc) is 2.55. The fourth-order valence-corrected chi connectivity index (χ4v) is 1.87. The lowest BCUT2D eigenvalue weighted by molar-refractivity contribution is -0.114. The lowest BCUT2D eigenvalue weighted by atomic mass is 10.2. The average molecular weight is 298 g/mol. The van der Waals surface area contributed by atoms with E-state index in [1.807, 2.05) is 31.2 Å². The number of carbonyl (C=O) groups excluding carboxylic acids is 2. The molecule has 2 rings (SSSR count). The van der Waals surface area contributed by atoms with Crippen LogP contribution in [0.25, 0.3) is 0 Å². The second kappa shape index (κ2) is 7.26. The number of methoxy groups -OCH3 is 1. The summed E-state index contributed by atoms with van der Waals surface area (Å²) in [7, 11) is 1.34. The van der Waals surface area contributed by atoms with Gasteiger partial charge in [-0.15, -0.1) is 0 Å². The van der Waals surface area contributed by atoms with Gasteiger partial charge in [0.15, 0.2) is 0 Å². The first-order chi connectivity index (χ1) is 10.6. The number of hydrogen-bond donors (Lipinski definition) is 2. The summed E-state index contributed by atoms with van der Waals surface area (Å²) < 4.78 is 4.63. The highest BCUT2D eigenvalue weighted by molar-refractivity contribution is 5.94. The second-order valence-electron chi connectivity index (χ2n) is 4.84. The number of esters is 1. The zero-order valence-corrected chi connectivity index (χ0v) is 12.6. The quantitative estimate of drug-likeness (QED) is 0.833. The lowest BCUT2D eigenvalue weighted by Crippen LogP contribution is -2.21. The molecule has 5 heteroatoms. The fraction of sp³-hybridized carbons (Fsp3) is 0.176. The van der Waals surface area contributed by atoms with Gasteiger partial charge in [0.25, 0.3) is 0 Å². The minimum absolute atomic E-state index is 0.138. The summed E-state index contributed by atoms with van der Waals surface area (Å²) in [5, 5.41) is 5.80. The predicted molar refractivity (Wildman–Crippen MR) is 86.1 cm³/mol. The van der Waals surface area contributed by atoms with E-state index in [-0.39, 0.29) is 18.4 Å². The molecular formula is C17H18N2O3. The molecule has 0 aliphatic heterocycles. The third kappa shape index (κ3) is 4.34. The minimum Gasteiger partial charge on any atom is -0.465 e. The van der Waals surface area contributed by atoms with Gasteiger partial charge < -0.3 is 15.4 Å². The van der Waals surface area contributed by atoms with Gasteiger partial charge >= 0.3 is 5.97 Å². The number of ether oxygens (including phenoxy) is 1. The Morgan fingerprint density at radius 2 is 1.55 bits per heavy atom. The summed E-state index contributed by atoms with van der Waals surface area (Å²) in [6, 6.07) is 14.3. The van der Waals surface area contributed by atoms with Gasteiger partial charge in [-0.05, 0) is 43.3 Å². The molecule has 0 aromatic heterocycles. The van der Waals surface area contributed by atoms with Crippen molar-refractivity contribution < 1.29 is 14.3 Å². The lowest BCUT2D eigenvalue weighted by Gasteiger charge is -2.08. The van der Waals surface area contributed by atoms with Crippen LogP contribution in [0.5, 0.6) is 0 Å². The number of nitrogens with one attached hydrogen (secondary N) is 2.